The Kier molecular flexibility index (Phi) is 9.11. The third kappa shape index (κ3) is 6.76. The van der Waals surface area contributed by atoms with E-state index in [-0.39, 0.29) is 18.5 Å². The molecular weight excluding hydrogens is 310 g/mol. The quantitative estimate of drug-likeness (QED) is 0.636. The molecule has 0 heterocycles. The Hall–Kier alpha value is -2.44. The lowest BCUT2D eigenvalue weighted by Crippen LogP contribution is -2.43. The Morgan fingerprint density at radius 2 is 1.54 bits per heavy atom. The summed E-state index contributed by atoms with van der Waals surface area (Å²) in [6.45, 7) is 8.18. The molecule has 0 aliphatic rings. The van der Waals surface area contributed by atoms with Crippen LogP contribution in [-0.4, -0.2) is 56.2 Å². The van der Waals surface area contributed by atoms with Crippen LogP contribution in [-0.2, 0) is 4.79 Å². The molecule has 0 bridgehead atoms. The van der Waals surface area contributed by atoms with Crippen LogP contribution in [0.4, 0.5) is 4.79 Å². The number of carbonyl (C=O) groups excluding carboxylic acids is 2. The highest BCUT2D eigenvalue weighted by Gasteiger charge is 2.09. The fourth-order valence-corrected chi connectivity index (χ4v) is 2.03. The number of nitrogens with one attached hydrogen (secondary N) is 2. The summed E-state index contributed by atoms with van der Waals surface area (Å²) >= 11 is 0. The zero-order valence-electron chi connectivity index (χ0n) is 14.6. The first-order valence-electron chi connectivity index (χ1n) is 8.26. The van der Waals surface area contributed by atoms with Gasteiger partial charge in [0.2, 0.25) is 0 Å². The van der Waals surface area contributed by atoms with Gasteiger partial charge in [0.25, 0.3) is 5.91 Å². The van der Waals surface area contributed by atoms with Crippen molar-refractivity contribution in [1.82, 2.24) is 15.5 Å². The van der Waals surface area contributed by atoms with Gasteiger partial charge in [-0.1, -0.05) is 12.1 Å². The van der Waals surface area contributed by atoms with Gasteiger partial charge < -0.3 is 25.0 Å². The van der Waals surface area contributed by atoms with Gasteiger partial charge in [-0.25, -0.2) is 4.79 Å². The highest BCUT2D eigenvalue weighted by atomic mass is 16.5. The second-order valence-electron chi connectivity index (χ2n) is 4.92. The minimum atomic E-state index is -0.251. The average molecular weight is 337 g/mol. The molecule has 24 heavy (non-hydrogen) atoms. The van der Waals surface area contributed by atoms with Gasteiger partial charge >= 0.3 is 6.03 Å². The summed E-state index contributed by atoms with van der Waals surface area (Å²) in [6.07, 6.45) is 0. The molecule has 7 nitrogen and oxygen atoms in total. The number of carbonyl (C=O) groups is 2. The molecule has 0 spiro atoms. The number of para-hydroxylation sites is 2. The minimum Gasteiger partial charge on any atom is -0.490 e. The summed E-state index contributed by atoms with van der Waals surface area (Å²) in [6, 6.07) is 7.08. The minimum absolute atomic E-state index is 0.103. The zero-order chi connectivity index (χ0) is 17.8. The van der Waals surface area contributed by atoms with Crippen molar-refractivity contribution in [2.45, 2.75) is 20.8 Å². The van der Waals surface area contributed by atoms with E-state index in [4.69, 9.17) is 9.47 Å². The Morgan fingerprint density at radius 1 is 0.958 bits per heavy atom. The molecule has 2 N–H and O–H groups in total. The van der Waals surface area contributed by atoms with Gasteiger partial charge in [-0.2, -0.15) is 0 Å². The average Bonchev–Trinajstić information content (AvgIpc) is 2.59. The van der Waals surface area contributed by atoms with Crippen LogP contribution in [0.5, 0.6) is 11.5 Å². The third-order valence-electron chi connectivity index (χ3n) is 3.28. The predicted molar refractivity (Wildman–Crippen MR) is 92.4 cm³/mol. The summed E-state index contributed by atoms with van der Waals surface area (Å²) in [5, 5.41) is 5.45. The van der Waals surface area contributed by atoms with Crippen molar-refractivity contribution in [2.24, 2.45) is 0 Å². The Balaban J connectivity index is 2.27. The largest absolute Gasteiger partial charge is 0.490 e. The Bertz CT molecular complexity index is 518. The monoisotopic (exact) mass is 337 g/mol. The molecule has 0 saturated heterocycles. The fraction of sp³-hybridized carbons (Fsp3) is 0.529. The predicted octanol–water partition coefficient (Wildman–Crippen LogP) is 1.63. The maximum atomic E-state index is 11.8. The summed E-state index contributed by atoms with van der Waals surface area (Å²) < 4.78 is 10.9. The second kappa shape index (κ2) is 11.2. The summed E-state index contributed by atoms with van der Waals surface area (Å²) in [5.41, 5.74) is 0. The van der Waals surface area contributed by atoms with E-state index < -0.39 is 0 Å². The normalized spacial score (nSPS) is 9.96. The van der Waals surface area contributed by atoms with Gasteiger partial charge in [0, 0.05) is 26.2 Å². The number of hydrogen-bond acceptors (Lipinski definition) is 4. The van der Waals surface area contributed by atoms with Crippen LogP contribution in [0.3, 0.4) is 0 Å². The number of hydrogen-bond donors (Lipinski definition) is 2. The maximum Gasteiger partial charge on any atom is 0.317 e. The lowest BCUT2D eigenvalue weighted by atomic mass is 10.3. The summed E-state index contributed by atoms with van der Waals surface area (Å²) in [7, 11) is 0. The molecule has 0 aromatic heterocycles. The van der Waals surface area contributed by atoms with Gasteiger partial charge in [0.1, 0.15) is 0 Å². The molecule has 0 unspecified atom stereocenters. The molecule has 3 amide bonds. The molecule has 0 fully saturated rings. The Morgan fingerprint density at radius 3 is 2.12 bits per heavy atom. The second-order valence-corrected chi connectivity index (χ2v) is 4.92. The molecule has 134 valence electrons. The molecule has 0 aliphatic heterocycles. The maximum absolute atomic E-state index is 11.8. The standard InChI is InChI=1S/C17H27N3O4/c1-4-20(5-2)17(22)19-12-11-18-16(21)13-24-15-10-8-7-9-14(15)23-6-3/h7-10H,4-6,11-13H2,1-3H3,(H,18,21)(H,19,22). The van der Waals surface area contributed by atoms with Gasteiger partial charge in [-0.05, 0) is 32.9 Å². The SMILES string of the molecule is CCOc1ccccc1OCC(=O)NCCNC(=O)N(CC)CC. The highest BCUT2D eigenvalue weighted by molar-refractivity contribution is 5.78. The van der Waals surface area contributed by atoms with Crippen LogP contribution in [0, 0.1) is 0 Å². The van der Waals surface area contributed by atoms with E-state index in [0.717, 1.165) is 0 Å². The first-order chi connectivity index (χ1) is 11.6. The van der Waals surface area contributed by atoms with Crippen LogP contribution in [0.2, 0.25) is 0 Å². The molecule has 0 aliphatic carbocycles. The van der Waals surface area contributed by atoms with Crippen LogP contribution in [0.15, 0.2) is 24.3 Å². The Labute approximate surface area is 143 Å². The topological polar surface area (TPSA) is 79.9 Å². The molecule has 1 aromatic carbocycles. The molecule has 0 atom stereocenters. The van der Waals surface area contributed by atoms with E-state index >= 15 is 0 Å². The van der Waals surface area contributed by atoms with Gasteiger partial charge in [0.05, 0.1) is 6.61 Å². The lowest BCUT2D eigenvalue weighted by molar-refractivity contribution is -0.123. The first-order valence-corrected chi connectivity index (χ1v) is 8.26. The molecule has 0 radical (unpaired) electrons. The molecule has 1 rings (SSSR count). The molecule has 0 saturated carbocycles. The van der Waals surface area contributed by atoms with Gasteiger partial charge in [-0.3, -0.25) is 4.79 Å². The number of benzene rings is 1. The summed E-state index contributed by atoms with van der Waals surface area (Å²) in [5.74, 6) is 0.891. The number of ether oxygens (including phenoxy) is 2. The number of rotatable bonds is 10. The van der Waals surface area contributed by atoms with Crippen molar-refractivity contribution in [2.75, 3.05) is 39.4 Å². The van der Waals surface area contributed by atoms with E-state index in [0.29, 0.717) is 44.3 Å². The highest BCUT2D eigenvalue weighted by Crippen LogP contribution is 2.26. The molecule has 1 aromatic rings. The number of urea groups is 1. The van der Waals surface area contributed by atoms with Crippen molar-refractivity contribution >= 4 is 11.9 Å². The third-order valence-corrected chi connectivity index (χ3v) is 3.28. The zero-order valence-corrected chi connectivity index (χ0v) is 14.6. The number of nitrogens with zero attached hydrogens (tertiary/aromatic N) is 1. The van der Waals surface area contributed by atoms with Gasteiger partial charge in [0.15, 0.2) is 18.1 Å². The van der Waals surface area contributed by atoms with Crippen molar-refractivity contribution < 1.29 is 19.1 Å². The van der Waals surface area contributed by atoms with Crippen molar-refractivity contribution in [3.63, 3.8) is 0 Å². The van der Waals surface area contributed by atoms with E-state index in [1.165, 1.54) is 0 Å². The van der Waals surface area contributed by atoms with E-state index in [9.17, 15) is 9.59 Å². The lowest BCUT2D eigenvalue weighted by Gasteiger charge is -2.19. The van der Waals surface area contributed by atoms with Crippen LogP contribution < -0.4 is 20.1 Å². The van der Waals surface area contributed by atoms with Crippen molar-refractivity contribution in [3.8, 4) is 11.5 Å². The van der Waals surface area contributed by atoms with Crippen LogP contribution in [0.1, 0.15) is 20.8 Å². The van der Waals surface area contributed by atoms with E-state index in [2.05, 4.69) is 10.6 Å². The van der Waals surface area contributed by atoms with Crippen LogP contribution >= 0.6 is 0 Å². The van der Waals surface area contributed by atoms with Gasteiger partial charge in [-0.15, -0.1) is 0 Å². The van der Waals surface area contributed by atoms with E-state index in [1.807, 2.05) is 32.9 Å². The smallest absolute Gasteiger partial charge is 0.317 e. The van der Waals surface area contributed by atoms with Crippen LogP contribution in [0.25, 0.3) is 0 Å². The first kappa shape index (κ1) is 19.6. The van der Waals surface area contributed by atoms with Crippen molar-refractivity contribution in [1.29, 1.82) is 0 Å². The van der Waals surface area contributed by atoms with E-state index in [1.54, 1.807) is 17.0 Å². The summed E-state index contributed by atoms with van der Waals surface area (Å²) in [4.78, 5) is 25.2. The molecule has 7 heteroatoms. The van der Waals surface area contributed by atoms with Crippen molar-refractivity contribution in [3.05, 3.63) is 24.3 Å². The molecular formula is C17H27N3O4. The number of amides is 3. The fourth-order valence-electron chi connectivity index (χ4n) is 2.03.